The van der Waals surface area contributed by atoms with Gasteiger partial charge in [-0.15, -0.1) is 0 Å². The van der Waals surface area contributed by atoms with Crippen LogP contribution < -0.4 is 15.4 Å². The van der Waals surface area contributed by atoms with Crippen molar-refractivity contribution >= 4 is 40.4 Å². The van der Waals surface area contributed by atoms with Crippen molar-refractivity contribution in [3.05, 3.63) is 66.0 Å². The summed E-state index contributed by atoms with van der Waals surface area (Å²) >= 11 is 0. The molecule has 3 aliphatic rings. The number of nitrogens with zero attached hydrogens (tertiary/aromatic N) is 5. The average molecular weight is 596 g/mol. The van der Waals surface area contributed by atoms with Gasteiger partial charge in [0.15, 0.2) is 17.0 Å². The van der Waals surface area contributed by atoms with Crippen LogP contribution in [-0.4, -0.2) is 62.0 Å². The van der Waals surface area contributed by atoms with Gasteiger partial charge >= 0.3 is 0 Å². The molecule has 44 heavy (non-hydrogen) atoms. The third-order valence-electron chi connectivity index (χ3n) is 8.62. The molecule has 0 bridgehead atoms. The van der Waals surface area contributed by atoms with Gasteiger partial charge in [-0.05, 0) is 74.9 Å². The highest BCUT2D eigenvalue weighted by Crippen LogP contribution is 2.31. The third kappa shape index (κ3) is 5.84. The first-order valence-electron chi connectivity index (χ1n) is 15.7. The Kier molecular flexibility index (Phi) is 8.10. The van der Waals surface area contributed by atoms with Gasteiger partial charge in [0, 0.05) is 24.9 Å². The van der Waals surface area contributed by atoms with Gasteiger partial charge in [0.25, 0.3) is 11.8 Å². The molecule has 1 aliphatic carbocycles. The summed E-state index contributed by atoms with van der Waals surface area (Å²) in [4.78, 5) is 40.9. The molecule has 2 amide bonds. The fourth-order valence-electron chi connectivity index (χ4n) is 6.29. The van der Waals surface area contributed by atoms with Gasteiger partial charge in [-0.3, -0.25) is 19.1 Å². The Morgan fingerprint density at radius 3 is 2.36 bits per heavy atom. The number of carbonyl (C=O) groups excluding carboxylic acids is 2. The fraction of sp³-hybridized carbons (Fsp3) is 0.424. The van der Waals surface area contributed by atoms with E-state index in [4.69, 9.17) is 24.4 Å². The Balaban J connectivity index is 1.01. The molecule has 0 radical (unpaired) electrons. The predicted molar refractivity (Wildman–Crippen MR) is 166 cm³/mol. The largest absolute Gasteiger partial charge is 0.494 e. The fourth-order valence-corrected chi connectivity index (χ4v) is 6.29. The van der Waals surface area contributed by atoms with Gasteiger partial charge in [0.1, 0.15) is 12.0 Å². The molecule has 0 spiro atoms. The third-order valence-corrected chi connectivity index (χ3v) is 8.62. The van der Waals surface area contributed by atoms with Crippen molar-refractivity contribution in [3.8, 4) is 5.75 Å². The first kappa shape index (κ1) is 28.3. The van der Waals surface area contributed by atoms with Crippen molar-refractivity contribution in [2.75, 3.05) is 30.4 Å². The monoisotopic (exact) mass is 595 g/mol. The number of imide groups is 1. The quantitative estimate of drug-likeness (QED) is 0.166. The highest BCUT2D eigenvalue weighted by molar-refractivity contribution is 6.21. The first-order valence-corrected chi connectivity index (χ1v) is 15.7. The zero-order chi connectivity index (χ0) is 29.9. The Morgan fingerprint density at radius 1 is 0.886 bits per heavy atom. The van der Waals surface area contributed by atoms with Crippen LogP contribution in [0.5, 0.6) is 5.75 Å². The summed E-state index contributed by atoms with van der Waals surface area (Å²) in [5.41, 5.74) is 3.28. The Morgan fingerprint density at radius 2 is 1.64 bits per heavy atom. The minimum atomic E-state index is -0.243. The van der Waals surface area contributed by atoms with Gasteiger partial charge < -0.3 is 20.1 Å². The smallest absolute Gasteiger partial charge is 0.261 e. The number of imidazole rings is 1. The van der Waals surface area contributed by atoms with Crippen LogP contribution in [0.4, 0.5) is 17.5 Å². The van der Waals surface area contributed by atoms with Crippen LogP contribution in [0.1, 0.15) is 84.7 Å². The van der Waals surface area contributed by atoms with Gasteiger partial charge in [0.05, 0.1) is 24.1 Å². The van der Waals surface area contributed by atoms with E-state index in [9.17, 15) is 9.59 Å². The summed E-state index contributed by atoms with van der Waals surface area (Å²) in [6.45, 7) is 1.43. The zero-order valence-electron chi connectivity index (χ0n) is 24.7. The van der Waals surface area contributed by atoms with E-state index in [1.54, 1.807) is 24.3 Å². The number of hydrogen-bond acceptors (Lipinski definition) is 9. The second kappa shape index (κ2) is 12.6. The molecular formula is C33H37N7O4. The lowest BCUT2D eigenvalue weighted by Crippen LogP contribution is -2.31. The molecule has 11 heteroatoms. The van der Waals surface area contributed by atoms with Crippen molar-refractivity contribution in [2.24, 2.45) is 0 Å². The number of aromatic nitrogens is 4. The molecule has 1 saturated carbocycles. The molecule has 228 valence electrons. The maximum Gasteiger partial charge on any atom is 0.261 e. The highest BCUT2D eigenvalue weighted by atomic mass is 16.5. The van der Waals surface area contributed by atoms with Crippen molar-refractivity contribution in [1.29, 1.82) is 0 Å². The van der Waals surface area contributed by atoms with Crippen LogP contribution in [-0.2, 0) is 4.74 Å². The van der Waals surface area contributed by atoms with E-state index in [1.165, 1.54) is 24.2 Å². The Labute approximate surface area is 256 Å². The van der Waals surface area contributed by atoms with E-state index >= 15 is 0 Å². The zero-order valence-corrected chi connectivity index (χ0v) is 24.7. The van der Waals surface area contributed by atoms with Crippen LogP contribution in [0.2, 0.25) is 0 Å². The van der Waals surface area contributed by atoms with Gasteiger partial charge in [-0.1, -0.05) is 31.4 Å². The molecule has 11 nitrogen and oxygen atoms in total. The molecular weight excluding hydrogens is 558 g/mol. The normalized spacial score (nSPS) is 18.9. The molecule has 1 saturated heterocycles. The average Bonchev–Trinajstić information content (AvgIpc) is 3.60. The van der Waals surface area contributed by atoms with Crippen LogP contribution in [0.3, 0.4) is 0 Å². The number of amides is 2. The van der Waals surface area contributed by atoms with Crippen molar-refractivity contribution in [3.63, 3.8) is 0 Å². The SMILES string of the molecule is O=C1c2ccccc2C(=O)N1CCCOc1ccc(Nc2nc(NC3CCCCC3)c3ncn(C4CCCCO4)c3n2)cc1. The summed E-state index contributed by atoms with van der Waals surface area (Å²) in [6.07, 6.45) is 11.4. The number of carbonyl (C=O) groups is 2. The molecule has 4 aromatic rings. The van der Waals surface area contributed by atoms with E-state index in [2.05, 4.69) is 10.6 Å². The number of fused-ring (bicyclic) bond motifs is 2. The first-order chi connectivity index (χ1) is 21.6. The van der Waals surface area contributed by atoms with Crippen molar-refractivity contribution in [2.45, 2.75) is 70.1 Å². The van der Waals surface area contributed by atoms with Crippen LogP contribution in [0.25, 0.3) is 11.2 Å². The number of anilines is 3. The number of nitrogens with one attached hydrogen (secondary N) is 2. The van der Waals surface area contributed by atoms with Crippen LogP contribution in [0.15, 0.2) is 54.9 Å². The second-order valence-electron chi connectivity index (χ2n) is 11.7. The lowest BCUT2D eigenvalue weighted by atomic mass is 9.95. The molecule has 2 aliphatic heterocycles. The lowest BCUT2D eigenvalue weighted by Gasteiger charge is -2.25. The summed E-state index contributed by atoms with van der Waals surface area (Å²) < 4.78 is 14.0. The molecule has 1 unspecified atom stereocenters. The van der Waals surface area contributed by atoms with Crippen molar-refractivity contribution < 1.29 is 19.1 Å². The van der Waals surface area contributed by atoms with E-state index in [0.29, 0.717) is 48.4 Å². The number of hydrogen-bond donors (Lipinski definition) is 2. The minimum Gasteiger partial charge on any atom is -0.494 e. The molecule has 2 aromatic carbocycles. The van der Waals surface area contributed by atoms with E-state index in [0.717, 1.165) is 61.4 Å². The van der Waals surface area contributed by atoms with Crippen LogP contribution >= 0.6 is 0 Å². The van der Waals surface area contributed by atoms with Gasteiger partial charge in [0.2, 0.25) is 5.95 Å². The lowest BCUT2D eigenvalue weighted by molar-refractivity contribution is -0.0298. The van der Waals surface area contributed by atoms with E-state index in [-0.39, 0.29) is 18.0 Å². The molecule has 7 rings (SSSR count). The second-order valence-corrected chi connectivity index (χ2v) is 11.7. The summed E-state index contributed by atoms with van der Waals surface area (Å²) in [5, 5.41) is 7.02. The molecule has 2 aromatic heterocycles. The maximum atomic E-state index is 12.6. The minimum absolute atomic E-state index is 0.0764. The molecule has 4 heterocycles. The number of rotatable bonds is 10. The number of ether oxygens (including phenoxy) is 2. The maximum absolute atomic E-state index is 12.6. The molecule has 2 fully saturated rings. The summed E-state index contributed by atoms with van der Waals surface area (Å²) in [6, 6.07) is 14.9. The molecule has 1 atom stereocenters. The van der Waals surface area contributed by atoms with Gasteiger partial charge in [-0.2, -0.15) is 9.97 Å². The molecule has 2 N–H and O–H groups in total. The van der Waals surface area contributed by atoms with Gasteiger partial charge in [-0.25, -0.2) is 4.98 Å². The Bertz CT molecular complexity index is 1610. The van der Waals surface area contributed by atoms with Crippen molar-refractivity contribution in [1.82, 2.24) is 24.4 Å². The topological polar surface area (TPSA) is 124 Å². The predicted octanol–water partition coefficient (Wildman–Crippen LogP) is 6.08. The highest BCUT2D eigenvalue weighted by Gasteiger charge is 2.34. The van der Waals surface area contributed by atoms with E-state index < -0.39 is 0 Å². The van der Waals surface area contributed by atoms with Crippen LogP contribution in [0, 0.1) is 0 Å². The number of benzene rings is 2. The Hall–Kier alpha value is -4.51. The summed E-state index contributed by atoms with van der Waals surface area (Å²) in [5.74, 6) is 1.45. The standard InChI is InChI=1S/C33H37N7O4/c41-31-25-11-4-5-12-26(25)32(42)39(31)18-8-20-43-24-16-14-23(15-17-24)36-33-37-29(35-22-9-2-1-3-10-22)28-30(38-33)40(21-34-28)27-13-6-7-19-44-27/h4-5,11-12,14-17,21-22,27H,1-3,6-10,13,18-20H2,(H2,35,36,37,38). The van der Waals surface area contributed by atoms with E-state index in [1.807, 2.05) is 35.2 Å². The summed E-state index contributed by atoms with van der Waals surface area (Å²) in [7, 11) is 0.